The highest BCUT2D eigenvalue weighted by Crippen LogP contribution is 2.33. The number of nitro groups is 1. The minimum absolute atomic E-state index is 0.115. The summed E-state index contributed by atoms with van der Waals surface area (Å²) in [5.41, 5.74) is 1.38. The molecule has 1 aliphatic carbocycles. The topological polar surface area (TPSA) is 123 Å². The number of nitrogens with one attached hydrogen (secondary N) is 1. The lowest BCUT2D eigenvalue weighted by molar-refractivity contribution is -0.385. The van der Waals surface area contributed by atoms with Crippen molar-refractivity contribution in [1.29, 1.82) is 0 Å². The Bertz CT molecular complexity index is 1380. The Kier molecular flexibility index (Phi) is 4.37. The summed E-state index contributed by atoms with van der Waals surface area (Å²) in [5, 5.41) is 14.5. The van der Waals surface area contributed by atoms with Gasteiger partial charge in [-0.3, -0.25) is 19.8 Å². The zero-order valence-electron chi connectivity index (χ0n) is 17.2. The molecular formula is C23H19N3O6. The third-order valence-electron chi connectivity index (χ3n) is 6.28. The molecule has 1 aromatic heterocycles. The molecule has 2 aromatic carbocycles. The van der Waals surface area contributed by atoms with E-state index in [0.717, 1.165) is 29.7 Å². The van der Waals surface area contributed by atoms with Crippen LogP contribution in [0.5, 0.6) is 0 Å². The van der Waals surface area contributed by atoms with E-state index >= 15 is 0 Å². The number of hydrogen-bond donors (Lipinski definition) is 1. The molecule has 1 saturated heterocycles. The second-order valence-corrected chi connectivity index (χ2v) is 8.32. The van der Waals surface area contributed by atoms with Crippen molar-refractivity contribution >= 4 is 28.6 Å². The van der Waals surface area contributed by atoms with Crippen molar-refractivity contribution in [2.75, 3.05) is 0 Å². The zero-order chi connectivity index (χ0) is 22.6. The van der Waals surface area contributed by atoms with Crippen molar-refractivity contribution in [3.05, 3.63) is 85.3 Å². The highest BCUT2D eigenvalue weighted by Gasteiger charge is 2.49. The summed E-state index contributed by atoms with van der Waals surface area (Å²) in [6, 6.07) is 10.1. The van der Waals surface area contributed by atoms with E-state index in [4.69, 9.17) is 4.42 Å². The summed E-state index contributed by atoms with van der Waals surface area (Å²) in [4.78, 5) is 49.8. The van der Waals surface area contributed by atoms with E-state index in [0.29, 0.717) is 22.1 Å². The lowest BCUT2D eigenvalue weighted by Gasteiger charge is -2.22. The maximum Gasteiger partial charge on any atom is 0.336 e. The second-order valence-electron chi connectivity index (χ2n) is 8.32. The molecule has 2 heterocycles. The van der Waals surface area contributed by atoms with E-state index < -0.39 is 28.0 Å². The van der Waals surface area contributed by atoms with Gasteiger partial charge in [-0.2, -0.15) is 0 Å². The molecule has 9 heteroatoms. The van der Waals surface area contributed by atoms with E-state index in [1.165, 1.54) is 36.8 Å². The zero-order valence-corrected chi connectivity index (χ0v) is 17.2. The number of hydrogen-bond acceptors (Lipinski definition) is 6. The van der Waals surface area contributed by atoms with Gasteiger partial charge in [0.1, 0.15) is 11.1 Å². The molecule has 0 bridgehead atoms. The summed E-state index contributed by atoms with van der Waals surface area (Å²) in [5.74, 6) is -0.550. The number of urea groups is 1. The second kappa shape index (κ2) is 7.01. The number of non-ortho nitro benzene ring substituents is 1. The van der Waals surface area contributed by atoms with Crippen LogP contribution in [0.4, 0.5) is 10.5 Å². The largest absolute Gasteiger partial charge is 0.423 e. The van der Waals surface area contributed by atoms with E-state index in [-0.39, 0.29) is 12.2 Å². The van der Waals surface area contributed by atoms with Crippen LogP contribution in [0.15, 0.2) is 51.7 Å². The number of amides is 3. The van der Waals surface area contributed by atoms with Crippen LogP contribution >= 0.6 is 0 Å². The van der Waals surface area contributed by atoms with Crippen LogP contribution in [0.25, 0.3) is 11.0 Å². The third-order valence-corrected chi connectivity index (χ3v) is 6.28. The van der Waals surface area contributed by atoms with Gasteiger partial charge in [0, 0.05) is 23.6 Å². The molecule has 0 saturated carbocycles. The number of rotatable bonds is 4. The molecule has 0 radical (unpaired) electrons. The first-order valence-electron chi connectivity index (χ1n) is 10.2. The van der Waals surface area contributed by atoms with Gasteiger partial charge >= 0.3 is 11.7 Å². The average Bonchev–Trinajstić information content (AvgIpc) is 3.30. The van der Waals surface area contributed by atoms with Crippen LogP contribution in [0.2, 0.25) is 0 Å². The maximum absolute atomic E-state index is 13.3. The van der Waals surface area contributed by atoms with Crippen LogP contribution in [-0.2, 0) is 29.7 Å². The minimum atomic E-state index is -1.46. The fourth-order valence-corrected chi connectivity index (χ4v) is 4.56. The number of imide groups is 1. The molecule has 3 aromatic rings. The summed E-state index contributed by atoms with van der Waals surface area (Å²) < 4.78 is 5.37. The number of carbonyl (C=O) groups excluding carboxylic acids is 2. The minimum Gasteiger partial charge on any atom is -0.423 e. The normalized spacial score (nSPS) is 20.0. The number of carbonyl (C=O) groups is 2. The number of nitrogens with zero attached hydrogens (tertiary/aromatic N) is 2. The average molecular weight is 433 g/mol. The lowest BCUT2D eigenvalue weighted by atomic mass is 9.91. The highest BCUT2D eigenvalue weighted by atomic mass is 16.6. The van der Waals surface area contributed by atoms with Crippen LogP contribution < -0.4 is 10.9 Å². The van der Waals surface area contributed by atoms with Gasteiger partial charge in [-0.15, -0.1) is 0 Å². The molecule has 1 aliphatic heterocycles. The number of aryl methyl sites for hydroxylation is 2. The Labute approximate surface area is 181 Å². The van der Waals surface area contributed by atoms with Gasteiger partial charge < -0.3 is 9.73 Å². The summed E-state index contributed by atoms with van der Waals surface area (Å²) in [7, 11) is 0. The summed E-state index contributed by atoms with van der Waals surface area (Å²) in [6.07, 6.45) is 2.88. The smallest absolute Gasteiger partial charge is 0.336 e. The molecule has 1 atom stereocenters. The van der Waals surface area contributed by atoms with E-state index in [9.17, 15) is 24.5 Å². The third kappa shape index (κ3) is 3.05. The van der Waals surface area contributed by atoms with Crippen molar-refractivity contribution < 1.29 is 18.9 Å². The SMILES string of the molecule is CC1(c2cccc([N+](=O)[O-])c2)NC(=O)N(Cc2cc(=O)oc3cc4c(cc23)CCC4)C1=O. The molecule has 3 amide bonds. The first-order chi connectivity index (χ1) is 15.3. The van der Waals surface area contributed by atoms with Crippen molar-refractivity contribution in [1.82, 2.24) is 10.2 Å². The Morgan fingerprint density at radius 2 is 1.88 bits per heavy atom. The van der Waals surface area contributed by atoms with Crippen molar-refractivity contribution in [3.63, 3.8) is 0 Å². The molecule has 1 fully saturated rings. The number of fused-ring (bicyclic) bond motifs is 2. The fourth-order valence-electron chi connectivity index (χ4n) is 4.56. The summed E-state index contributed by atoms with van der Waals surface area (Å²) in [6.45, 7) is 1.40. The van der Waals surface area contributed by atoms with Gasteiger partial charge in [-0.1, -0.05) is 12.1 Å². The van der Waals surface area contributed by atoms with Crippen molar-refractivity contribution in [3.8, 4) is 0 Å². The molecule has 0 spiro atoms. The standard InChI is InChI=1S/C23H19N3O6/c1-23(16-6-3-7-17(11-16)26(30)31)21(28)25(22(29)24-23)12-15-10-20(27)32-19-9-14-5-2-4-13(14)8-18(15)19/h3,6-11H,2,4-5,12H2,1H3,(H,24,29). The van der Waals surface area contributed by atoms with Crippen molar-refractivity contribution in [2.24, 2.45) is 0 Å². The molecular weight excluding hydrogens is 414 g/mol. The summed E-state index contributed by atoms with van der Waals surface area (Å²) >= 11 is 0. The fraction of sp³-hybridized carbons (Fsp3) is 0.261. The van der Waals surface area contributed by atoms with Crippen LogP contribution in [0.1, 0.15) is 35.6 Å². The Morgan fingerprint density at radius 3 is 2.62 bits per heavy atom. The number of benzene rings is 2. The molecule has 2 aliphatic rings. The molecule has 5 rings (SSSR count). The Balaban J connectivity index is 1.53. The lowest BCUT2D eigenvalue weighted by Crippen LogP contribution is -2.40. The van der Waals surface area contributed by atoms with Gasteiger partial charge in [-0.05, 0) is 60.6 Å². The predicted molar refractivity (Wildman–Crippen MR) is 114 cm³/mol. The van der Waals surface area contributed by atoms with Crippen LogP contribution in [0, 0.1) is 10.1 Å². The molecule has 1 N–H and O–H groups in total. The van der Waals surface area contributed by atoms with Crippen molar-refractivity contribution in [2.45, 2.75) is 38.3 Å². The quantitative estimate of drug-likeness (QED) is 0.292. The van der Waals surface area contributed by atoms with Crippen LogP contribution in [-0.4, -0.2) is 21.8 Å². The molecule has 1 unspecified atom stereocenters. The first kappa shape index (κ1) is 19.9. The van der Waals surface area contributed by atoms with E-state index in [1.807, 2.05) is 12.1 Å². The predicted octanol–water partition coefficient (Wildman–Crippen LogP) is 3.16. The van der Waals surface area contributed by atoms with Gasteiger partial charge in [0.15, 0.2) is 0 Å². The van der Waals surface area contributed by atoms with Gasteiger partial charge in [0.2, 0.25) is 0 Å². The monoisotopic (exact) mass is 433 g/mol. The molecule has 9 nitrogen and oxygen atoms in total. The Hall–Kier alpha value is -4.01. The highest BCUT2D eigenvalue weighted by molar-refractivity contribution is 6.07. The maximum atomic E-state index is 13.3. The molecule has 162 valence electrons. The van der Waals surface area contributed by atoms with Gasteiger partial charge in [0.05, 0.1) is 11.5 Å². The first-order valence-corrected chi connectivity index (χ1v) is 10.2. The molecule has 32 heavy (non-hydrogen) atoms. The van der Waals surface area contributed by atoms with E-state index in [2.05, 4.69) is 5.32 Å². The van der Waals surface area contributed by atoms with E-state index in [1.54, 1.807) is 6.07 Å². The van der Waals surface area contributed by atoms with Gasteiger partial charge in [-0.25, -0.2) is 9.59 Å². The van der Waals surface area contributed by atoms with Crippen LogP contribution in [0.3, 0.4) is 0 Å². The van der Waals surface area contributed by atoms with Gasteiger partial charge in [0.25, 0.3) is 11.6 Å². The number of nitro benzene ring substituents is 1. The Morgan fingerprint density at radius 1 is 1.12 bits per heavy atom.